The van der Waals surface area contributed by atoms with E-state index in [9.17, 15) is 4.79 Å². The molecule has 0 amide bonds. The summed E-state index contributed by atoms with van der Waals surface area (Å²) < 4.78 is 6.47. The summed E-state index contributed by atoms with van der Waals surface area (Å²) in [4.78, 5) is 13.1. The maximum atomic E-state index is 13.1. The van der Waals surface area contributed by atoms with Crippen LogP contribution in [-0.4, -0.2) is 12.9 Å². The fourth-order valence-corrected chi connectivity index (χ4v) is 4.47. The molecule has 3 heteroatoms. The molecule has 0 bridgehead atoms. The second-order valence-electron chi connectivity index (χ2n) is 7.82. The summed E-state index contributed by atoms with van der Waals surface area (Å²) in [6.07, 6.45) is 4.07. The lowest BCUT2D eigenvalue weighted by atomic mass is 9.71. The number of Topliss-reactive ketones (excluding diaryl/α,β-unsaturated/α-hetero) is 1. The van der Waals surface area contributed by atoms with E-state index in [1.165, 1.54) is 24.0 Å². The standard InChI is InChI=1S/C21H29IO2/c1-13(2)15-10-16(18(22)12-20(15)24-6)19(23)11-17-14(3)8-7-9-21(17,4)5/h10,12-13H,7-9,11H2,1-6H3. The number of methoxy groups -OCH3 is 1. The summed E-state index contributed by atoms with van der Waals surface area (Å²) in [7, 11) is 1.69. The highest BCUT2D eigenvalue weighted by molar-refractivity contribution is 14.1. The van der Waals surface area contributed by atoms with Crippen LogP contribution in [0, 0.1) is 8.99 Å². The van der Waals surface area contributed by atoms with Crippen molar-refractivity contribution in [2.45, 2.75) is 66.2 Å². The van der Waals surface area contributed by atoms with Gasteiger partial charge in [0.05, 0.1) is 7.11 Å². The Hall–Kier alpha value is -0.840. The van der Waals surface area contributed by atoms with Crippen LogP contribution in [0.5, 0.6) is 5.75 Å². The van der Waals surface area contributed by atoms with E-state index in [1.807, 2.05) is 12.1 Å². The van der Waals surface area contributed by atoms with Gasteiger partial charge in [-0.3, -0.25) is 4.79 Å². The Morgan fingerprint density at radius 1 is 1.33 bits per heavy atom. The third-order valence-electron chi connectivity index (χ3n) is 5.26. The molecule has 2 nitrogen and oxygen atoms in total. The number of halogens is 1. The maximum Gasteiger partial charge on any atom is 0.168 e. The molecule has 1 aromatic carbocycles. The minimum absolute atomic E-state index is 0.136. The first-order valence-corrected chi connectivity index (χ1v) is 9.85. The molecule has 0 spiro atoms. The van der Waals surface area contributed by atoms with Crippen molar-refractivity contribution < 1.29 is 9.53 Å². The van der Waals surface area contributed by atoms with Crippen LogP contribution in [0.15, 0.2) is 23.3 Å². The van der Waals surface area contributed by atoms with E-state index in [1.54, 1.807) is 7.11 Å². The summed E-state index contributed by atoms with van der Waals surface area (Å²) in [6, 6.07) is 4.04. The Balaban J connectivity index is 2.38. The fourth-order valence-electron chi connectivity index (χ4n) is 3.73. The quantitative estimate of drug-likeness (QED) is 0.296. The van der Waals surface area contributed by atoms with Gasteiger partial charge in [0.25, 0.3) is 0 Å². The molecular formula is C21H29IO2. The Morgan fingerprint density at radius 2 is 2.00 bits per heavy atom. The van der Waals surface area contributed by atoms with Crippen molar-refractivity contribution in [2.75, 3.05) is 7.11 Å². The van der Waals surface area contributed by atoms with Gasteiger partial charge in [-0.1, -0.05) is 38.8 Å². The molecule has 0 aromatic heterocycles. The van der Waals surface area contributed by atoms with Crippen LogP contribution in [-0.2, 0) is 0 Å². The van der Waals surface area contributed by atoms with Crippen molar-refractivity contribution in [2.24, 2.45) is 5.41 Å². The zero-order valence-corrected chi connectivity index (χ0v) is 17.9. The third-order valence-corrected chi connectivity index (χ3v) is 6.16. The lowest BCUT2D eigenvalue weighted by molar-refractivity contribution is 0.0983. The number of benzene rings is 1. The van der Waals surface area contributed by atoms with Crippen LogP contribution in [0.25, 0.3) is 0 Å². The lowest BCUT2D eigenvalue weighted by Gasteiger charge is -2.34. The molecule has 0 fully saturated rings. The van der Waals surface area contributed by atoms with Gasteiger partial charge < -0.3 is 4.74 Å². The van der Waals surface area contributed by atoms with Crippen molar-refractivity contribution in [1.82, 2.24) is 0 Å². The normalized spacial score (nSPS) is 17.3. The van der Waals surface area contributed by atoms with Crippen molar-refractivity contribution in [3.8, 4) is 5.75 Å². The van der Waals surface area contributed by atoms with Gasteiger partial charge in [-0.2, -0.15) is 0 Å². The fraction of sp³-hybridized carbons (Fsp3) is 0.571. The van der Waals surface area contributed by atoms with Crippen LogP contribution < -0.4 is 4.74 Å². The average Bonchev–Trinajstić information content (AvgIpc) is 2.49. The van der Waals surface area contributed by atoms with Gasteiger partial charge in [0.15, 0.2) is 5.78 Å². The maximum absolute atomic E-state index is 13.1. The van der Waals surface area contributed by atoms with Gasteiger partial charge in [0.2, 0.25) is 0 Å². The lowest BCUT2D eigenvalue weighted by Crippen LogP contribution is -2.23. The molecule has 1 aliphatic carbocycles. The SMILES string of the molecule is COc1cc(I)c(C(=O)CC2=C(C)CCCC2(C)C)cc1C(C)C. The van der Waals surface area contributed by atoms with Crippen LogP contribution in [0.2, 0.25) is 0 Å². The van der Waals surface area contributed by atoms with Crippen LogP contribution >= 0.6 is 22.6 Å². The number of carbonyl (C=O) groups is 1. The van der Waals surface area contributed by atoms with Gasteiger partial charge in [-0.25, -0.2) is 0 Å². The monoisotopic (exact) mass is 440 g/mol. The molecule has 0 aliphatic heterocycles. The molecular weight excluding hydrogens is 411 g/mol. The Labute approximate surface area is 160 Å². The number of hydrogen-bond acceptors (Lipinski definition) is 2. The molecule has 0 atom stereocenters. The van der Waals surface area contributed by atoms with E-state index >= 15 is 0 Å². The number of allylic oxidation sites excluding steroid dienone is 2. The first-order valence-electron chi connectivity index (χ1n) is 8.77. The van der Waals surface area contributed by atoms with E-state index in [0.717, 1.165) is 26.9 Å². The number of carbonyl (C=O) groups excluding carboxylic acids is 1. The molecule has 0 N–H and O–H groups in total. The molecule has 0 heterocycles. The Morgan fingerprint density at radius 3 is 2.54 bits per heavy atom. The van der Waals surface area contributed by atoms with Gasteiger partial charge in [0, 0.05) is 15.6 Å². The third kappa shape index (κ3) is 4.04. The molecule has 0 unspecified atom stereocenters. The van der Waals surface area contributed by atoms with Crippen LogP contribution in [0.3, 0.4) is 0 Å². The highest BCUT2D eigenvalue weighted by atomic mass is 127. The van der Waals surface area contributed by atoms with Crippen molar-refractivity contribution in [3.63, 3.8) is 0 Å². The van der Waals surface area contributed by atoms with E-state index in [-0.39, 0.29) is 11.2 Å². The predicted octanol–water partition coefficient (Wildman–Crippen LogP) is 6.52. The van der Waals surface area contributed by atoms with Crippen molar-refractivity contribution in [1.29, 1.82) is 0 Å². The number of ether oxygens (including phenoxy) is 1. The van der Waals surface area contributed by atoms with Gasteiger partial charge in [-0.05, 0) is 77.8 Å². The van der Waals surface area contributed by atoms with E-state index in [0.29, 0.717) is 12.3 Å². The second-order valence-corrected chi connectivity index (χ2v) is 8.99. The van der Waals surface area contributed by atoms with Crippen molar-refractivity contribution in [3.05, 3.63) is 38.0 Å². The number of ketones is 1. The molecule has 24 heavy (non-hydrogen) atoms. The molecule has 0 saturated carbocycles. The van der Waals surface area contributed by atoms with Gasteiger partial charge in [0.1, 0.15) is 5.75 Å². The molecule has 0 saturated heterocycles. The van der Waals surface area contributed by atoms with Crippen molar-refractivity contribution >= 4 is 28.4 Å². The summed E-state index contributed by atoms with van der Waals surface area (Å²) >= 11 is 2.26. The second kappa shape index (κ2) is 7.59. The summed E-state index contributed by atoms with van der Waals surface area (Å²) in [5.74, 6) is 1.43. The zero-order valence-electron chi connectivity index (χ0n) is 15.8. The Bertz CT molecular complexity index is 669. The smallest absolute Gasteiger partial charge is 0.168 e. The minimum Gasteiger partial charge on any atom is -0.496 e. The molecule has 1 aliphatic rings. The summed E-state index contributed by atoms with van der Waals surface area (Å²) in [5.41, 5.74) is 4.83. The molecule has 0 radical (unpaired) electrons. The highest BCUT2D eigenvalue weighted by Crippen LogP contribution is 2.42. The van der Waals surface area contributed by atoms with Gasteiger partial charge in [-0.15, -0.1) is 0 Å². The van der Waals surface area contributed by atoms with E-state index in [4.69, 9.17) is 4.74 Å². The van der Waals surface area contributed by atoms with E-state index in [2.05, 4.69) is 57.2 Å². The summed E-state index contributed by atoms with van der Waals surface area (Å²) in [5, 5.41) is 0. The van der Waals surface area contributed by atoms with Crippen LogP contribution in [0.1, 0.15) is 82.1 Å². The first kappa shape index (κ1) is 19.5. The topological polar surface area (TPSA) is 26.3 Å². The van der Waals surface area contributed by atoms with Crippen LogP contribution in [0.4, 0.5) is 0 Å². The average molecular weight is 440 g/mol. The zero-order chi connectivity index (χ0) is 18.1. The predicted molar refractivity (Wildman–Crippen MR) is 109 cm³/mol. The first-order chi connectivity index (χ1) is 11.2. The number of hydrogen-bond donors (Lipinski definition) is 0. The molecule has 1 aromatic rings. The largest absolute Gasteiger partial charge is 0.496 e. The highest BCUT2D eigenvalue weighted by Gasteiger charge is 2.30. The number of rotatable bonds is 5. The molecule has 2 rings (SSSR count). The minimum atomic E-state index is 0.136. The molecule has 132 valence electrons. The van der Waals surface area contributed by atoms with Gasteiger partial charge >= 0.3 is 0 Å². The van der Waals surface area contributed by atoms with E-state index < -0.39 is 0 Å². The Kier molecular flexibility index (Phi) is 6.16. The summed E-state index contributed by atoms with van der Waals surface area (Å²) in [6.45, 7) is 11.0.